The fourth-order valence-electron chi connectivity index (χ4n) is 2.87. The number of thiazole rings is 1. The molecule has 0 aliphatic rings. The minimum atomic E-state index is -0.130. The molecule has 0 saturated heterocycles. The molecule has 0 bridgehead atoms. The summed E-state index contributed by atoms with van der Waals surface area (Å²) in [5.41, 5.74) is 2.12. The number of aromatic nitrogens is 6. The Morgan fingerprint density at radius 2 is 2.07 bits per heavy atom. The second-order valence-corrected chi connectivity index (χ2v) is 7.88. The molecule has 3 aromatic heterocycles. The molecule has 30 heavy (non-hydrogen) atoms. The number of aryl methyl sites for hydroxylation is 1. The normalized spacial score (nSPS) is 10.7. The lowest BCUT2D eigenvalue weighted by Gasteiger charge is -2.09. The van der Waals surface area contributed by atoms with Crippen molar-refractivity contribution in [3.05, 3.63) is 70.3 Å². The second-order valence-electron chi connectivity index (χ2n) is 6.56. The van der Waals surface area contributed by atoms with Crippen molar-refractivity contribution in [3.8, 4) is 11.5 Å². The monoisotopic (exact) mass is 420 g/mol. The predicted octanol–water partition coefficient (Wildman–Crippen LogP) is 2.58. The number of benzene rings is 1. The van der Waals surface area contributed by atoms with Crippen molar-refractivity contribution in [1.82, 2.24) is 35.0 Å². The highest BCUT2D eigenvalue weighted by Crippen LogP contribution is 2.16. The maximum Gasteiger partial charge on any atom is 0.251 e. The highest BCUT2D eigenvalue weighted by Gasteiger charge is 2.12. The summed E-state index contributed by atoms with van der Waals surface area (Å²) in [5, 5.41) is 15.7. The van der Waals surface area contributed by atoms with E-state index in [0.29, 0.717) is 30.2 Å². The van der Waals surface area contributed by atoms with Crippen LogP contribution in [0.4, 0.5) is 5.69 Å². The van der Waals surface area contributed by atoms with Gasteiger partial charge in [-0.2, -0.15) is 0 Å². The molecule has 1 aromatic carbocycles. The number of nitrogens with zero attached hydrogens (tertiary/aromatic N) is 6. The van der Waals surface area contributed by atoms with Crippen molar-refractivity contribution < 1.29 is 4.79 Å². The van der Waals surface area contributed by atoms with Gasteiger partial charge in [0.1, 0.15) is 12.0 Å². The lowest BCUT2D eigenvalue weighted by Crippen LogP contribution is -2.22. The molecule has 3 heterocycles. The van der Waals surface area contributed by atoms with E-state index in [2.05, 4.69) is 35.8 Å². The summed E-state index contributed by atoms with van der Waals surface area (Å²) in [5.74, 6) is 1.29. The average Bonchev–Trinajstić information content (AvgIpc) is 3.36. The minimum absolute atomic E-state index is 0.130. The van der Waals surface area contributed by atoms with Crippen LogP contribution in [0.2, 0.25) is 0 Å². The van der Waals surface area contributed by atoms with Gasteiger partial charge in [-0.25, -0.2) is 15.0 Å². The predicted molar refractivity (Wildman–Crippen MR) is 114 cm³/mol. The molecule has 0 aliphatic carbocycles. The SMILES string of the molecule is Cc1ncc(CNC(=O)c2cccc(NCc3nnc(-c4ccncn4)n3C)c2)s1. The first kappa shape index (κ1) is 19.6. The number of nitrogens with one attached hydrogen (secondary N) is 2. The number of amides is 1. The zero-order valence-electron chi connectivity index (χ0n) is 16.5. The molecule has 0 radical (unpaired) electrons. The van der Waals surface area contributed by atoms with Crippen LogP contribution < -0.4 is 10.6 Å². The van der Waals surface area contributed by atoms with Crippen LogP contribution in [0.3, 0.4) is 0 Å². The zero-order valence-corrected chi connectivity index (χ0v) is 17.3. The Morgan fingerprint density at radius 3 is 2.83 bits per heavy atom. The standard InChI is InChI=1S/C20H20N8OS/c1-13-22-9-16(30-13)10-24-20(29)14-4-3-5-15(8-14)23-11-18-26-27-19(28(18)2)17-6-7-21-12-25-17/h3-9,12,23H,10-11H2,1-2H3,(H,24,29). The fourth-order valence-corrected chi connectivity index (χ4v) is 3.60. The Balaban J connectivity index is 1.39. The lowest BCUT2D eigenvalue weighted by atomic mass is 10.2. The molecular weight excluding hydrogens is 400 g/mol. The average molecular weight is 421 g/mol. The van der Waals surface area contributed by atoms with Gasteiger partial charge in [0.25, 0.3) is 5.91 Å². The molecular formula is C20H20N8OS. The molecule has 0 fully saturated rings. The van der Waals surface area contributed by atoms with Gasteiger partial charge in [0.15, 0.2) is 11.6 Å². The molecule has 9 nitrogen and oxygen atoms in total. The van der Waals surface area contributed by atoms with E-state index in [9.17, 15) is 4.79 Å². The summed E-state index contributed by atoms with van der Waals surface area (Å²) in [7, 11) is 1.89. The Hall–Kier alpha value is -3.66. The second kappa shape index (κ2) is 8.78. The van der Waals surface area contributed by atoms with E-state index in [4.69, 9.17) is 0 Å². The number of carbonyl (C=O) groups excluding carboxylic acids is 1. The Kier molecular flexibility index (Phi) is 5.75. The maximum absolute atomic E-state index is 12.5. The molecule has 0 aliphatic heterocycles. The van der Waals surface area contributed by atoms with Crippen LogP contribution in [0.1, 0.15) is 26.1 Å². The number of anilines is 1. The molecule has 1 amide bonds. The molecule has 4 aromatic rings. The van der Waals surface area contributed by atoms with Crippen LogP contribution in [0.25, 0.3) is 11.5 Å². The van der Waals surface area contributed by atoms with Crippen molar-refractivity contribution >= 4 is 22.9 Å². The van der Waals surface area contributed by atoms with E-state index in [0.717, 1.165) is 21.4 Å². The first-order valence-electron chi connectivity index (χ1n) is 9.28. The van der Waals surface area contributed by atoms with Gasteiger partial charge >= 0.3 is 0 Å². The van der Waals surface area contributed by atoms with Crippen molar-refractivity contribution in [3.63, 3.8) is 0 Å². The number of carbonyl (C=O) groups is 1. The van der Waals surface area contributed by atoms with Gasteiger partial charge < -0.3 is 15.2 Å². The van der Waals surface area contributed by atoms with Gasteiger partial charge in [0.05, 0.1) is 18.1 Å². The topological polar surface area (TPSA) is 111 Å². The molecule has 4 rings (SSSR count). The van der Waals surface area contributed by atoms with Gasteiger partial charge in [-0.1, -0.05) is 6.07 Å². The van der Waals surface area contributed by atoms with E-state index in [1.807, 2.05) is 36.7 Å². The first-order chi connectivity index (χ1) is 14.6. The number of hydrogen-bond acceptors (Lipinski definition) is 8. The lowest BCUT2D eigenvalue weighted by molar-refractivity contribution is 0.0951. The first-order valence-corrected chi connectivity index (χ1v) is 10.1. The van der Waals surface area contributed by atoms with Crippen LogP contribution >= 0.6 is 11.3 Å². The van der Waals surface area contributed by atoms with E-state index in [-0.39, 0.29) is 5.91 Å². The Labute approximate surface area is 177 Å². The molecule has 0 saturated carbocycles. The van der Waals surface area contributed by atoms with Crippen LogP contribution in [0.5, 0.6) is 0 Å². The van der Waals surface area contributed by atoms with E-state index >= 15 is 0 Å². The minimum Gasteiger partial charge on any atom is -0.378 e. The van der Waals surface area contributed by atoms with Crippen molar-refractivity contribution in [2.75, 3.05) is 5.32 Å². The third kappa shape index (κ3) is 4.49. The van der Waals surface area contributed by atoms with E-state index in [1.54, 1.807) is 35.9 Å². The number of rotatable bonds is 7. The van der Waals surface area contributed by atoms with Gasteiger partial charge in [0.2, 0.25) is 0 Å². The van der Waals surface area contributed by atoms with E-state index < -0.39 is 0 Å². The Morgan fingerprint density at radius 1 is 1.17 bits per heavy atom. The largest absolute Gasteiger partial charge is 0.378 e. The highest BCUT2D eigenvalue weighted by atomic mass is 32.1. The van der Waals surface area contributed by atoms with Crippen LogP contribution in [0, 0.1) is 6.92 Å². The van der Waals surface area contributed by atoms with Crippen LogP contribution in [0.15, 0.2) is 49.1 Å². The summed E-state index contributed by atoms with van der Waals surface area (Å²) < 4.78 is 1.88. The summed E-state index contributed by atoms with van der Waals surface area (Å²) in [4.78, 5) is 25.8. The molecule has 2 N–H and O–H groups in total. The molecule has 0 atom stereocenters. The van der Waals surface area contributed by atoms with Crippen molar-refractivity contribution in [1.29, 1.82) is 0 Å². The summed E-state index contributed by atoms with van der Waals surface area (Å²) in [6.07, 6.45) is 4.94. The van der Waals surface area contributed by atoms with Gasteiger partial charge in [-0.3, -0.25) is 4.79 Å². The van der Waals surface area contributed by atoms with Crippen molar-refractivity contribution in [2.45, 2.75) is 20.0 Å². The van der Waals surface area contributed by atoms with Gasteiger partial charge in [-0.05, 0) is 31.2 Å². The fraction of sp³-hybridized carbons (Fsp3) is 0.200. The molecule has 0 spiro atoms. The van der Waals surface area contributed by atoms with Gasteiger partial charge in [-0.15, -0.1) is 21.5 Å². The summed E-state index contributed by atoms with van der Waals surface area (Å²) in [6.45, 7) is 2.87. The highest BCUT2D eigenvalue weighted by molar-refractivity contribution is 7.11. The third-order valence-corrected chi connectivity index (χ3v) is 5.36. The quantitative estimate of drug-likeness (QED) is 0.473. The van der Waals surface area contributed by atoms with Crippen molar-refractivity contribution in [2.24, 2.45) is 7.05 Å². The van der Waals surface area contributed by atoms with Crippen LogP contribution in [-0.4, -0.2) is 35.6 Å². The third-order valence-electron chi connectivity index (χ3n) is 4.44. The zero-order chi connectivity index (χ0) is 20.9. The van der Waals surface area contributed by atoms with E-state index in [1.165, 1.54) is 6.33 Å². The Bertz CT molecular complexity index is 1150. The molecule has 0 unspecified atom stereocenters. The summed E-state index contributed by atoms with van der Waals surface area (Å²) in [6, 6.07) is 9.14. The van der Waals surface area contributed by atoms with Crippen LogP contribution in [-0.2, 0) is 20.1 Å². The number of hydrogen-bond donors (Lipinski definition) is 2. The van der Waals surface area contributed by atoms with Gasteiger partial charge in [0, 0.05) is 35.6 Å². The molecule has 152 valence electrons. The maximum atomic E-state index is 12.5. The molecule has 10 heteroatoms. The smallest absolute Gasteiger partial charge is 0.251 e. The summed E-state index contributed by atoms with van der Waals surface area (Å²) >= 11 is 1.57.